The van der Waals surface area contributed by atoms with Crippen molar-refractivity contribution in [1.29, 1.82) is 0 Å². The van der Waals surface area contributed by atoms with Gasteiger partial charge in [-0.3, -0.25) is 15.1 Å². The Morgan fingerprint density at radius 1 is 1.38 bits per heavy atom. The molecule has 0 amide bonds. The van der Waals surface area contributed by atoms with E-state index in [1.165, 1.54) is 18.6 Å². The zero-order chi connectivity index (χ0) is 9.26. The van der Waals surface area contributed by atoms with E-state index in [2.05, 4.69) is 20.2 Å². The van der Waals surface area contributed by atoms with Gasteiger partial charge in [-0.25, -0.2) is 4.39 Å². The molecule has 2 rings (SSSR count). The minimum absolute atomic E-state index is 0.158. The lowest BCUT2D eigenvalue weighted by Gasteiger charge is -1.93. The molecular formula is C7H6FN5. The van der Waals surface area contributed by atoms with Crippen LogP contribution < -0.4 is 5.73 Å². The topological polar surface area (TPSA) is 80.5 Å². The number of aromatic amines is 1. The predicted molar refractivity (Wildman–Crippen MR) is 44.0 cm³/mol. The molecule has 5 nitrogen and oxygen atoms in total. The van der Waals surface area contributed by atoms with Crippen molar-refractivity contribution in [3.05, 3.63) is 24.4 Å². The summed E-state index contributed by atoms with van der Waals surface area (Å²) in [5, 5.41) is 5.94. The molecule has 6 heteroatoms. The second kappa shape index (κ2) is 2.81. The highest BCUT2D eigenvalue weighted by molar-refractivity contribution is 5.57. The SMILES string of the molecule is Nc1n[nH]c(-c2cnccn2)c1F. The minimum atomic E-state index is -0.597. The molecular weight excluding hydrogens is 173 g/mol. The van der Waals surface area contributed by atoms with Gasteiger partial charge in [0.05, 0.1) is 6.20 Å². The number of rotatable bonds is 1. The van der Waals surface area contributed by atoms with Gasteiger partial charge >= 0.3 is 0 Å². The minimum Gasteiger partial charge on any atom is -0.380 e. The monoisotopic (exact) mass is 179 g/mol. The van der Waals surface area contributed by atoms with E-state index in [4.69, 9.17) is 5.73 Å². The maximum atomic E-state index is 13.2. The molecule has 0 spiro atoms. The van der Waals surface area contributed by atoms with Crippen LogP contribution in [0.3, 0.4) is 0 Å². The van der Waals surface area contributed by atoms with Crippen LogP contribution in [0.2, 0.25) is 0 Å². The Bertz CT molecular complexity index is 410. The Hall–Kier alpha value is -1.98. The Labute approximate surface area is 72.8 Å². The van der Waals surface area contributed by atoms with Crippen molar-refractivity contribution < 1.29 is 4.39 Å². The molecule has 2 aromatic heterocycles. The van der Waals surface area contributed by atoms with Crippen molar-refractivity contribution in [1.82, 2.24) is 20.2 Å². The molecule has 3 N–H and O–H groups in total. The first kappa shape index (κ1) is 7.66. The number of aromatic nitrogens is 4. The summed E-state index contributed by atoms with van der Waals surface area (Å²) in [4.78, 5) is 7.69. The maximum Gasteiger partial charge on any atom is 0.194 e. The molecule has 0 radical (unpaired) electrons. The Balaban J connectivity index is 2.53. The van der Waals surface area contributed by atoms with Crippen LogP contribution in [0.5, 0.6) is 0 Å². The summed E-state index contributed by atoms with van der Waals surface area (Å²) in [6.45, 7) is 0. The lowest BCUT2D eigenvalue weighted by Crippen LogP contribution is -1.89. The molecule has 0 bridgehead atoms. The van der Waals surface area contributed by atoms with E-state index in [0.29, 0.717) is 5.69 Å². The largest absolute Gasteiger partial charge is 0.380 e. The van der Waals surface area contributed by atoms with Crippen LogP contribution in [0.25, 0.3) is 11.4 Å². The molecule has 0 fully saturated rings. The zero-order valence-corrected chi connectivity index (χ0v) is 6.53. The maximum absolute atomic E-state index is 13.2. The van der Waals surface area contributed by atoms with Gasteiger partial charge in [-0.05, 0) is 0 Å². The fraction of sp³-hybridized carbons (Fsp3) is 0. The molecule has 0 aliphatic rings. The van der Waals surface area contributed by atoms with Gasteiger partial charge in [0.1, 0.15) is 11.4 Å². The summed E-state index contributed by atoms with van der Waals surface area (Å²) in [7, 11) is 0. The van der Waals surface area contributed by atoms with Gasteiger partial charge in [0, 0.05) is 12.4 Å². The van der Waals surface area contributed by atoms with E-state index in [1.807, 2.05) is 0 Å². The standard InChI is InChI=1S/C7H6FN5/c8-5-6(12-13-7(5)9)4-3-10-1-2-11-4/h1-3H,(H3,9,12,13). The normalized spacial score (nSPS) is 10.2. The summed E-state index contributed by atoms with van der Waals surface area (Å²) in [5.74, 6) is -0.763. The molecule has 0 aliphatic heterocycles. The van der Waals surface area contributed by atoms with Gasteiger partial charge in [0.15, 0.2) is 11.6 Å². The summed E-state index contributed by atoms with van der Waals surface area (Å²) in [6.07, 6.45) is 4.39. The number of H-pyrrole nitrogens is 1. The number of hydrogen-bond donors (Lipinski definition) is 2. The molecule has 0 aliphatic carbocycles. The second-order valence-electron chi connectivity index (χ2n) is 2.39. The quantitative estimate of drug-likeness (QED) is 0.671. The second-order valence-corrected chi connectivity index (χ2v) is 2.39. The average Bonchev–Trinajstić information content (AvgIpc) is 2.49. The predicted octanol–water partition coefficient (Wildman–Crippen LogP) is 0.588. The van der Waals surface area contributed by atoms with Gasteiger partial charge in [-0.1, -0.05) is 0 Å². The van der Waals surface area contributed by atoms with Gasteiger partial charge in [0.25, 0.3) is 0 Å². The van der Waals surface area contributed by atoms with Crippen LogP contribution in [0.1, 0.15) is 0 Å². The fourth-order valence-corrected chi connectivity index (χ4v) is 0.940. The first-order chi connectivity index (χ1) is 6.29. The highest BCUT2D eigenvalue weighted by atomic mass is 19.1. The highest BCUT2D eigenvalue weighted by Gasteiger charge is 2.12. The van der Waals surface area contributed by atoms with E-state index in [0.717, 1.165) is 0 Å². The number of anilines is 1. The molecule has 0 unspecified atom stereocenters. The summed E-state index contributed by atoms with van der Waals surface area (Å²) in [6, 6.07) is 0. The number of nitrogens with one attached hydrogen (secondary N) is 1. The Morgan fingerprint density at radius 2 is 2.23 bits per heavy atom. The number of hydrogen-bond acceptors (Lipinski definition) is 4. The van der Waals surface area contributed by atoms with Crippen LogP contribution >= 0.6 is 0 Å². The Kier molecular flexibility index (Phi) is 1.66. The van der Waals surface area contributed by atoms with Crippen LogP contribution in [-0.4, -0.2) is 20.2 Å². The van der Waals surface area contributed by atoms with Gasteiger partial charge < -0.3 is 5.73 Å². The lowest BCUT2D eigenvalue weighted by molar-refractivity contribution is 0.636. The molecule has 2 aromatic rings. The van der Waals surface area contributed by atoms with E-state index in [9.17, 15) is 4.39 Å². The van der Waals surface area contributed by atoms with Crippen molar-refractivity contribution in [2.75, 3.05) is 5.73 Å². The first-order valence-electron chi connectivity index (χ1n) is 3.55. The van der Waals surface area contributed by atoms with E-state index < -0.39 is 5.82 Å². The molecule has 0 aromatic carbocycles. The number of nitrogens with zero attached hydrogens (tertiary/aromatic N) is 3. The molecule has 0 atom stereocenters. The molecule has 66 valence electrons. The number of halogens is 1. The zero-order valence-electron chi connectivity index (χ0n) is 6.53. The van der Waals surface area contributed by atoms with Gasteiger partial charge in [0.2, 0.25) is 0 Å². The summed E-state index contributed by atoms with van der Waals surface area (Å²) in [5.41, 5.74) is 5.75. The van der Waals surface area contributed by atoms with Crippen molar-refractivity contribution in [3.8, 4) is 11.4 Å². The van der Waals surface area contributed by atoms with Crippen molar-refractivity contribution >= 4 is 5.82 Å². The molecule has 0 saturated heterocycles. The summed E-state index contributed by atoms with van der Waals surface area (Å²) >= 11 is 0. The van der Waals surface area contributed by atoms with Crippen molar-refractivity contribution in [2.24, 2.45) is 0 Å². The smallest absolute Gasteiger partial charge is 0.194 e. The number of nitrogen functional groups attached to an aromatic ring is 1. The van der Waals surface area contributed by atoms with Crippen LogP contribution in [-0.2, 0) is 0 Å². The van der Waals surface area contributed by atoms with Crippen LogP contribution in [0.15, 0.2) is 18.6 Å². The third-order valence-electron chi connectivity index (χ3n) is 1.55. The van der Waals surface area contributed by atoms with E-state index >= 15 is 0 Å². The lowest BCUT2D eigenvalue weighted by atomic mass is 10.3. The highest BCUT2D eigenvalue weighted by Crippen LogP contribution is 2.19. The van der Waals surface area contributed by atoms with E-state index in [-0.39, 0.29) is 11.5 Å². The van der Waals surface area contributed by atoms with Crippen molar-refractivity contribution in [2.45, 2.75) is 0 Å². The molecule has 2 heterocycles. The van der Waals surface area contributed by atoms with Gasteiger partial charge in [-0.2, -0.15) is 5.10 Å². The summed E-state index contributed by atoms with van der Waals surface area (Å²) < 4.78 is 13.2. The van der Waals surface area contributed by atoms with E-state index in [1.54, 1.807) is 0 Å². The van der Waals surface area contributed by atoms with Crippen LogP contribution in [0, 0.1) is 5.82 Å². The average molecular weight is 179 g/mol. The number of nitrogens with two attached hydrogens (primary N) is 1. The van der Waals surface area contributed by atoms with Crippen molar-refractivity contribution in [3.63, 3.8) is 0 Å². The fourth-order valence-electron chi connectivity index (χ4n) is 0.940. The molecule has 0 saturated carbocycles. The van der Waals surface area contributed by atoms with Gasteiger partial charge in [-0.15, -0.1) is 0 Å². The Morgan fingerprint density at radius 3 is 2.77 bits per heavy atom. The van der Waals surface area contributed by atoms with Crippen LogP contribution in [0.4, 0.5) is 10.2 Å². The third-order valence-corrected chi connectivity index (χ3v) is 1.55. The third kappa shape index (κ3) is 1.22. The molecule has 13 heavy (non-hydrogen) atoms. The first-order valence-corrected chi connectivity index (χ1v) is 3.55.